The van der Waals surface area contributed by atoms with Crippen molar-refractivity contribution in [1.29, 1.82) is 0 Å². The third kappa shape index (κ3) is 4.48. The molecule has 0 saturated heterocycles. The molecule has 0 radical (unpaired) electrons. The SMILES string of the molecule is Cc1cc2c3c(c1)c1cc(C)c(Oc4[c-]c(C5=N[C@]6(C)CCCc7ccccc7[C@]6(C)O5)c(C)cc4C)[c-]c1n3-c1ncccc1C2(C)C.[Pt+2]. The molecule has 6 heteroatoms. The molecule has 2 aliphatic heterocycles. The Morgan fingerprint density at radius 2 is 1.54 bits per heavy atom. The van der Waals surface area contributed by atoms with E-state index in [1.54, 1.807) is 0 Å². The zero-order chi connectivity index (χ0) is 34.0. The number of nitrogens with zero attached hydrogens (tertiary/aromatic N) is 3. The summed E-state index contributed by atoms with van der Waals surface area (Å²) in [6.07, 6.45) is 4.95. The maximum absolute atomic E-state index is 6.94. The van der Waals surface area contributed by atoms with Gasteiger partial charge >= 0.3 is 21.1 Å². The fraction of sp³-hybridized carbons (Fsp3) is 0.318. The summed E-state index contributed by atoms with van der Waals surface area (Å²) >= 11 is 0. The third-order valence-corrected chi connectivity index (χ3v) is 11.7. The maximum Gasteiger partial charge on any atom is 2.00 e. The van der Waals surface area contributed by atoms with E-state index in [4.69, 9.17) is 19.5 Å². The van der Waals surface area contributed by atoms with Gasteiger partial charge in [-0.1, -0.05) is 105 Å². The van der Waals surface area contributed by atoms with E-state index in [9.17, 15) is 0 Å². The molecule has 9 rings (SSSR count). The summed E-state index contributed by atoms with van der Waals surface area (Å²) in [5, 5.41) is 2.37. The van der Waals surface area contributed by atoms with E-state index in [0.717, 1.165) is 58.2 Å². The molecule has 0 fully saturated rings. The maximum atomic E-state index is 6.94. The molecule has 5 nitrogen and oxygen atoms in total. The van der Waals surface area contributed by atoms with E-state index in [2.05, 4.69) is 127 Å². The van der Waals surface area contributed by atoms with Crippen LogP contribution < -0.4 is 4.74 Å². The zero-order valence-corrected chi connectivity index (χ0v) is 32.2. The van der Waals surface area contributed by atoms with Crippen LogP contribution in [-0.4, -0.2) is 21.0 Å². The van der Waals surface area contributed by atoms with Gasteiger partial charge in [0.2, 0.25) is 0 Å². The Balaban J connectivity index is 0.00000361. The number of hydrogen-bond donors (Lipinski definition) is 0. The van der Waals surface area contributed by atoms with Crippen LogP contribution in [0.4, 0.5) is 0 Å². The van der Waals surface area contributed by atoms with E-state index in [1.807, 2.05) is 12.3 Å². The van der Waals surface area contributed by atoms with E-state index in [1.165, 1.54) is 38.7 Å². The molecule has 4 heterocycles. The van der Waals surface area contributed by atoms with Gasteiger partial charge in [-0.3, -0.25) is 4.99 Å². The Morgan fingerprint density at radius 3 is 2.36 bits per heavy atom. The average Bonchev–Trinajstić information content (AvgIpc) is 3.48. The number of benzene rings is 4. The number of pyridine rings is 1. The standard InChI is InChI=1S/C44H41N3O2.Pt/c1-25-19-32-31-22-28(4)38(24-36(31)47-39(32)35(20-25)42(5,6)34-16-12-18-45-40(34)47)48-37-23-30(26(2)21-27(37)3)41-46-43(7)17-11-14-29-13-9-10-15-33(29)44(43,8)49-41;/h9-10,12-13,15-16,18-22H,11,14,17H2,1-8H3;/q-2;+2/t43-,44+;/m1./s1. The number of aliphatic imine (C=N–C) groups is 1. The predicted octanol–water partition coefficient (Wildman–Crippen LogP) is 10.2. The van der Waals surface area contributed by atoms with Gasteiger partial charge in [-0.2, -0.15) is 6.07 Å². The van der Waals surface area contributed by atoms with Gasteiger partial charge in [0, 0.05) is 34.2 Å². The van der Waals surface area contributed by atoms with Gasteiger partial charge in [0.25, 0.3) is 0 Å². The number of aryl methyl sites for hydroxylation is 5. The molecule has 50 heavy (non-hydrogen) atoms. The summed E-state index contributed by atoms with van der Waals surface area (Å²) in [5.41, 5.74) is 11.3. The Kier molecular flexibility index (Phi) is 7.35. The van der Waals surface area contributed by atoms with E-state index in [-0.39, 0.29) is 32.0 Å². The Hall–Kier alpha value is -4.21. The summed E-state index contributed by atoms with van der Waals surface area (Å²) in [5.74, 6) is 2.91. The van der Waals surface area contributed by atoms with Gasteiger partial charge in [-0.15, -0.1) is 28.6 Å². The fourth-order valence-electron chi connectivity index (χ4n) is 8.78. The molecular weight excluding hydrogens is 798 g/mol. The summed E-state index contributed by atoms with van der Waals surface area (Å²) in [6.45, 7) is 17.5. The number of fused-ring (bicyclic) bond motifs is 8. The molecule has 2 aromatic heterocycles. The second-order valence-electron chi connectivity index (χ2n) is 15.4. The molecule has 0 N–H and O–H groups in total. The molecule has 2 atom stereocenters. The summed E-state index contributed by atoms with van der Waals surface area (Å²) in [7, 11) is 0. The van der Waals surface area contributed by atoms with E-state index < -0.39 is 5.60 Å². The van der Waals surface area contributed by atoms with Crippen molar-refractivity contribution >= 4 is 27.7 Å². The minimum Gasteiger partial charge on any atom is -0.508 e. The van der Waals surface area contributed by atoms with Crippen LogP contribution in [0.3, 0.4) is 0 Å². The minimum absolute atomic E-state index is 0. The zero-order valence-electron chi connectivity index (χ0n) is 29.9. The summed E-state index contributed by atoms with van der Waals surface area (Å²) < 4.78 is 16.0. The van der Waals surface area contributed by atoms with Gasteiger partial charge in [0.15, 0.2) is 0 Å². The molecule has 6 aromatic rings. The molecular formula is C44H41N3O2Pt. The number of hydrogen-bond acceptors (Lipinski definition) is 4. The monoisotopic (exact) mass is 838 g/mol. The average molecular weight is 839 g/mol. The smallest absolute Gasteiger partial charge is 0.508 e. The first kappa shape index (κ1) is 33.0. The van der Waals surface area contributed by atoms with Crippen molar-refractivity contribution in [2.24, 2.45) is 4.99 Å². The first-order valence-electron chi connectivity index (χ1n) is 17.5. The van der Waals surface area contributed by atoms with Gasteiger partial charge in [-0.25, -0.2) is 4.98 Å². The largest absolute Gasteiger partial charge is 2.00 e. The van der Waals surface area contributed by atoms with Crippen LogP contribution in [0.5, 0.6) is 11.5 Å². The van der Waals surface area contributed by atoms with Crippen molar-refractivity contribution in [3.63, 3.8) is 0 Å². The first-order valence-corrected chi connectivity index (χ1v) is 17.5. The Labute approximate surface area is 309 Å². The molecule has 1 aliphatic carbocycles. The van der Waals surface area contributed by atoms with Gasteiger partial charge in [-0.05, 0) is 68.2 Å². The van der Waals surface area contributed by atoms with Gasteiger partial charge in [0.05, 0.1) is 5.54 Å². The fourth-order valence-corrected chi connectivity index (χ4v) is 8.78. The van der Waals surface area contributed by atoms with Gasteiger partial charge < -0.3 is 14.0 Å². The van der Waals surface area contributed by atoms with Crippen molar-refractivity contribution in [2.75, 3.05) is 0 Å². The summed E-state index contributed by atoms with van der Waals surface area (Å²) in [4.78, 5) is 10.3. The number of aromatic nitrogens is 2. The van der Waals surface area contributed by atoms with Crippen molar-refractivity contribution in [3.05, 3.63) is 129 Å². The third-order valence-electron chi connectivity index (χ3n) is 11.7. The molecule has 0 bridgehead atoms. The molecule has 3 aliphatic rings. The van der Waals surface area contributed by atoms with Crippen LogP contribution in [-0.2, 0) is 43.2 Å². The van der Waals surface area contributed by atoms with Crippen LogP contribution in [0.25, 0.3) is 27.6 Å². The van der Waals surface area contributed by atoms with Crippen molar-refractivity contribution in [3.8, 4) is 17.3 Å². The van der Waals surface area contributed by atoms with Crippen LogP contribution in [0, 0.1) is 39.8 Å². The minimum atomic E-state index is -0.564. The molecule has 0 saturated carbocycles. The summed E-state index contributed by atoms with van der Waals surface area (Å²) in [6, 6.07) is 29.3. The topological polar surface area (TPSA) is 48.6 Å². The first-order chi connectivity index (χ1) is 23.4. The predicted molar refractivity (Wildman–Crippen MR) is 197 cm³/mol. The molecule has 254 valence electrons. The molecule has 0 unspecified atom stereocenters. The Bertz CT molecular complexity index is 2440. The van der Waals surface area contributed by atoms with E-state index >= 15 is 0 Å². The van der Waals surface area contributed by atoms with Crippen LogP contribution in [0.15, 0.2) is 71.9 Å². The normalized spacial score (nSPS) is 21.4. The number of rotatable bonds is 3. The van der Waals surface area contributed by atoms with Crippen molar-refractivity contribution in [1.82, 2.24) is 9.55 Å². The Morgan fingerprint density at radius 1 is 0.800 bits per heavy atom. The second kappa shape index (κ2) is 11.1. The van der Waals surface area contributed by atoms with Crippen LogP contribution in [0.1, 0.15) is 90.6 Å². The van der Waals surface area contributed by atoms with Crippen LogP contribution in [0.2, 0.25) is 0 Å². The molecule has 4 aromatic carbocycles. The quantitative estimate of drug-likeness (QED) is 0.167. The molecule has 0 amide bonds. The molecule has 0 spiro atoms. The van der Waals surface area contributed by atoms with Crippen molar-refractivity contribution in [2.45, 2.75) is 91.2 Å². The second-order valence-corrected chi connectivity index (χ2v) is 15.4. The van der Waals surface area contributed by atoms with Crippen LogP contribution >= 0.6 is 0 Å². The van der Waals surface area contributed by atoms with Gasteiger partial charge in [0.1, 0.15) is 17.3 Å². The number of ether oxygens (including phenoxy) is 2. The van der Waals surface area contributed by atoms with Crippen molar-refractivity contribution < 1.29 is 30.5 Å². The van der Waals surface area contributed by atoms with E-state index in [0.29, 0.717) is 17.4 Å².